The molecule has 3 aromatic carbocycles. The number of carbonyl (C=O) groups excluding carboxylic acids is 1. The summed E-state index contributed by atoms with van der Waals surface area (Å²) >= 11 is 7.37. The van der Waals surface area contributed by atoms with Crippen molar-refractivity contribution < 1.29 is 4.79 Å². The van der Waals surface area contributed by atoms with Crippen molar-refractivity contribution in [1.29, 1.82) is 0 Å². The van der Waals surface area contributed by atoms with Crippen molar-refractivity contribution in [2.24, 2.45) is 0 Å². The first-order chi connectivity index (χ1) is 18.9. The molecule has 4 aromatic rings. The highest BCUT2D eigenvalue weighted by atomic mass is 35.5. The Morgan fingerprint density at radius 2 is 1.79 bits per heavy atom. The van der Waals surface area contributed by atoms with E-state index >= 15 is 0 Å². The summed E-state index contributed by atoms with van der Waals surface area (Å²) in [5.74, 6) is -0.0787. The van der Waals surface area contributed by atoms with Crippen LogP contribution >= 0.6 is 23.4 Å². The molecule has 1 fully saturated rings. The molecule has 1 aromatic heterocycles. The number of aromatic nitrogens is 2. The Labute approximate surface area is 237 Å². The molecule has 198 valence electrons. The third kappa shape index (κ3) is 5.04. The van der Waals surface area contributed by atoms with Crippen LogP contribution in [0.3, 0.4) is 0 Å². The average Bonchev–Trinajstić information content (AvgIpc) is 2.93. The number of nitrogens with one attached hydrogen (secondary N) is 1. The highest BCUT2D eigenvalue weighted by Crippen LogP contribution is 2.49. The minimum atomic E-state index is -0.203. The first-order valence-electron chi connectivity index (χ1n) is 13.4. The van der Waals surface area contributed by atoms with E-state index in [9.17, 15) is 9.59 Å². The quantitative estimate of drug-likeness (QED) is 0.206. The van der Waals surface area contributed by atoms with Gasteiger partial charge in [0.2, 0.25) is 5.91 Å². The van der Waals surface area contributed by atoms with Crippen LogP contribution in [0.5, 0.6) is 0 Å². The lowest BCUT2D eigenvalue weighted by atomic mass is 9.62. The van der Waals surface area contributed by atoms with E-state index < -0.39 is 0 Å². The van der Waals surface area contributed by atoms with Crippen molar-refractivity contribution in [3.05, 3.63) is 105 Å². The van der Waals surface area contributed by atoms with E-state index in [4.69, 9.17) is 16.6 Å². The maximum absolute atomic E-state index is 14.6. The van der Waals surface area contributed by atoms with Crippen molar-refractivity contribution in [3.8, 4) is 16.9 Å². The number of carbonyl (C=O) groups is 1. The highest BCUT2D eigenvalue weighted by molar-refractivity contribution is 7.99. The van der Waals surface area contributed by atoms with Crippen molar-refractivity contribution in [3.63, 3.8) is 0 Å². The van der Waals surface area contributed by atoms with Crippen LogP contribution in [0, 0.1) is 6.92 Å². The van der Waals surface area contributed by atoms with Gasteiger partial charge in [-0.25, -0.2) is 4.98 Å². The van der Waals surface area contributed by atoms with Crippen LogP contribution in [-0.2, 0) is 16.6 Å². The maximum atomic E-state index is 14.6. The molecule has 1 saturated carbocycles. The molecule has 7 heteroatoms. The Bertz CT molecular complexity index is 1610. The summed E-state index contributed by atoms with van der Waals surface area (Å²) in [7, 11) is 0. The van der Waals surface area contributed by atoms with Gasteiger partial charge in [-0.3, -0.25) is 14.2 Å². The predicted octanol–water partition coefficient (Wildman–Crippen LogP) is 7.35. The molecule has 1 spiro atoms. The lowest BCUT2D eigenvalue weighted by molar-refractivity contribution is -0.113. The zero-order valence-electron chi connectivity index (χ0n) is 21.9. The van der Waals surface area contributed by atoms with Crippen LogP contribution in [0.15, 0.2) is 82.7 Å². The van der Waals surface area contributed by atoms with Gasteiger partial charge in [0.25, 0.3) is 5.56 Å². The number of thioether (sulfide) groups is 1. The summed E-state index contributed by atoms with van der Waals surface area (Å²) in [5.41, 5.74) is 6.20. The zero-order chi connectivity index (χ0) is 27.0. The molecule has 2 aliphatic rings. The van der Waals surface area contributed by atoms with Gasteiger partial charge in [0.05, 0.1) is 22.7 Å². The molecule has 0 unspecified atom stereocenters. The predicted molar refractivity (Wildman–Crippen MR) is 159 cm³/mol. The largest absolute Gasteiger partial charge is 0.325 e. The second kappa shape index (κ2) is 10.7. The third-order valence-corrected chi connectivity index (χ3v) is 9.10. The van der Waals surface area contributed by atoms with Crippen molar-refractivity contribution >= 4 is 35.0 Å². The Morgan fingerprint density at radius 3 is 2.56 bits per heavy atom. The molecular weight excluding hydrogens is 526 g/mol. The molecule has 0 saturated heterocycles. The first kappa shape index (κ1) is 25.9. The van der Waals surface area contributed by atoms with Gasteiger partial charge in [0, 0.05) is 21.7 Å². The second-order valence-corrected chi connectivity index (χ2v) is 12.0. The van der Waals surface area contributed by atoms with Gasteiger partial charge in [0.15, 0.2) is 5.16 Å². The third-order valence-electron chi connectivity index (χ3n) is 7.93. The first-order valence-corrected chi connectivity index (χ1v) is 14.8. The Kier molecular flexibility index (Phi) is 7.08. The smallest absolute Gasteiger partial charge is 0.263 e. The summed E-state index contributed by atoms with van der Waals surface area (Å²) in [6.45, 7) is 2.03. The molecule has 6 rings (SSSR count). The maximum Gasteiger partial charge on any atom is 0.263 e. The Balaban J connectivity index is 1.46. The van der Waals surface area contributed by atoms with E-state index in [-0.39, 0.29) is 22.6 Å². The molecule has 1 heterocycles. The molecular formula is C32H30ClN3O2S. The number of fused-ring (bicyclic) bond motifs is 4. The van der Waals surface area contributed by atoms with Gasteiger partial charge < -0.3 is 5.32 Å². The second-order valence-electron chi connectivity index (χ2n) is 10.6. The number of anilines is 1. The van der Waals surface area contributed by atoms with Crippen LogP contribution < -0.4 is 10.9 Å². The van der Waals surface area contributed by atoms with Crippen LogP contribution in [-0.4, -0.2) is 21.2 Å². The number of amides is 1. The summed E-state index contributed by atoms with van der Waals surface area (Å²) in [4.78, 5) is 32.7. The number of nitrogens with zero attached hydrogens (tertiary/aromatic N) is 2. The SMILES string of the molecule is Cc1ccc(-n2c(SCC(=O)Nc3cccc(Cl)c3)nc3c(c2=O)C2(CCCCC2)Cc2ccccc2-3)cc1. The number of benzene rings is 3. The number of rotatable bonds is 5. The van der Waals surface area contributed by atoms with Gasteiger partial charge >= 0.3 is 0 Å². The van der Waals surface area contributed by atoms with Crippen molar-refractivity contribution in [2.75, 3.05) is 11.1 Å². The van der Waals surface area contributed by atoms with E-state index in [0.717, 1.165) is 60.2 Å². The number of halogens is 1. The van der Waals surface area contributed by atoms with E-state index in [1.807, 2.05) is 37.3 Å². The molecule has 2 aliphatic carbocycles. The van der Waals surface area contributed by atoms with Gasteiger partial charge in [-0.15, -0.1) is 0 Å². The standard InChI is InChI=1S/C32H30ClN3O2S/c1-21-12-14-25(15-13-21)36-30(38)28-29(26-11-4-3-8-22(26)19-32(28)16-5-2-6-17-32)35-31(36)39-20-27(37)34-24-10-7-9-23(33)18-24/h3-4,7-15,18H,2,5-6,16-17,19-20H2,1H3,(H,34,37). The van der Waals surface area contributed by atoms with Crippen LogP contribution in [0.1, 0.15) is 48.8 Å². The minimum absolute atomic E-state index is 0.0157. The molecule has 0 radical (unpaired) electrons. The van der Waals surface area contributed by atoms with E-state index in [1.54, 1.807) is 28.8 Å². The normalized spacial score (nSPS) is 15.4. The fraction of sp³-hybridized carbons (Fsp3) is 0.281. The molecule has 1 amide bonds. The summed E-state index contributed by atoms with van der Waals surface area (Å²) < 4.78 is 1.72. The van der Waals surface area contributed by atoms with E-state index in [1.165, 1.54) is 23.7 Å². The average molecular weight is 556 g/mol. The number of aryl methyl sites for hydroxylation is 1. The minimum Gasteiger partial charge on any atom is -0.325 e. The summed E-state index contributed by atoms with van der Waals surface area (Å²) in [6.07, 6.45) is 6.29. The molecule has 0 aliphatic heterocycles. The topological polar surface area (TPSA) is 64.0 Å². The molecule has 0 atom stereocenters. The van der Waals surface area contributed by atoms with Gasteiger partial charge in [-0.1, -0.05) is 90.7 Å². The lowest BCUT2D eigenvalue weighted by Gasteiger charge is -2.42. The van der Waals surface area contributed by atoms with E-state index in [0.29, 0.717) is 15.9 Å². The molecule has 1 N–H and O–H groups in total. The van der Waals surface area contributed by atoms with Crippen LogP contribution in [0.25, 0.3) is 16.9 Å². The van der Waals surface area contributed by atoms with Gasteiger partial charge in [-0.2, -0.15) is 0 Å². The number of hydrogen-bond acceptors (Lipinski definition) is 4. The fourth-order valence-electron chi connectivity index (χ4n) is 6.10. The monoisotopic (exact) mass is 555 g/mol. The van der Waals surface area contributed by atoms with Crippen LogP contribution in [0.4, 0.5) is 5.69 Å². The van der Waals surface area contributed by atoms with Crippen molar-refractivity contribution in [1.82, 2.24) is 9.55 Å². The Hall–Kier alpha value is -3.35. The molecule has 5 nitrogen and oxygen atoms in total. The number of hydrogen-bond donors (Lipinski definition) is 1. The highest BCUT2D eigenvalue weighted by Gasteiger charge is 2.43. The zero-order valence-corrected chi connectivity index (χ0v) is 23.4. The van der Waals surface area contributed by atoms with Gasteiger partial charge in [0.1, 0.15) is 0 Å². The van der Waals surface area contributed by atoms with Crippen LogP contribution in [0.2, 0.25) is 5.02 Å². The van der Waals surface area contributed by atoms with Gasteiger partial charge in [-0.05, 0) is 62.1 Å². The van der Waals surface area contributed by atoms with Crippen molar-refractivity contribution in [2.45, 2.75) is 56.0 Å². The molecule has 0 bridgehead atoms. The lowest BCUT2D eigenvalue weighted by Crippen LogP contribution is -2.43. The Morgan fingerprint density at radius 1 is 1.03 bits per heavy atom. The molecule has 39 heavy (non-hydrogen) atoms. The fourth-order valence-corrected chi connectivity index (χ4v) is 7.10. The van der Waals surface area contributed by atoms with E-state index in [2.05, 4.69) is 23.5 Å². The summed E-state index contributed by atoms with van der Waals surface area (Å²) in [6, 6.07) is 23.3. The summed E-state index contributed by atoms with van der Waals surface area (Å²) in [5, 5.41) is 3.98.